The Kier molecular flexibility index (Phi) is 4.31. The maximum Gasteiger partial charge on any atom is 0.208 e. The minimum Gasteiger partial charge on any atom is -0.444 e. The van der Waals surface area contributed by atoms with E-state index in [0.717, 1.165) is 66.8 Å². The fraction of sp³-hybridized carbons (Fsp3) is 0.389. The third-order valence-electron chi connectivity index (χ3n) is 4.68. The number of nitrogens with zero attached hydrogens (tertiary/aromatic N) is 5. The smallest absolute Gasteiger partial charge is 0.208 e. The average Bonchev–Trinajstić information content (AvgIpc) is 2.92. The molecule has 0 spiro atoms. The van der Waals surface area contributed by atoms with Crippen LogP contribution in [0.15, 0.2) is 28.9 Å². The van der Waals surface area contributed by atoms with Crippen molar-refractivity contribution in [1.82, 2.24) is 19.9 Å². The van der Waals surface area contributed by atoms with E-state index < -0.39 is 0 Å². The van der Waals surface area contributed by atoms with E-state index in [0.29, 0.717) is 5.02 Å². The molecule has 0 atom stereocenters. The Hall–Kier alpha value is -2.18. The van der Waals surface area contributed by atoms with Gasteiger partial charge in [0.15, 0.2) is 0 Å². The zero-order valence-electron chi connectivity index (χ0n) is 14.4. The Morgan fingerprint density at radius 2 is 1.92 bits per heavy atom. The highest BCUT2D eigenvalue weighted by Gasteiger charge is 2.21. The van der Waals surface area contributed by atoms with E-state index in [9.17, 15) is 0 Å². The molecule has 0 saturated carbocycles. The van der Waals surface area contributed by atoms with Gasteiger partial charge in [-0.2, -0.15) is 0 Å². The number of halogens is 1. The van der Waals surface area contributed by atoms with E-state index >= 15 is 0 Å². The summed E-state index contributed by atoms with van der Waals surface area (Å²) in [6, 6.07) is 5.77. The third kappa shape index (κ3) is 3.32. The minimum atomic E-state index is 0.693. The molecule has 1 aliphatic rings. The van der Waals surface area contributed by atoms with Gasteiger partial charge in [-0.25, -0.2) is 15.0 Å². The standard InChI is InChI=1S/C18H20ClN5O/c1-12-13(2)25-17(22-12)10-23-5-7-24(8-6-23)18-15-4-3-14(19)9-16(15)20-11-21-18/h3-4,9,11H,5-8,10H2,1-2H3. The van der Waals surface area contributed by atoms with E-state index in [2.05, 4.69) is 24.8 Å². The molecule has 4 rings (SSSR count). The lowest BCUT2D eigenvalue weighted by atomic mass is 10.2. The van der Waals surface area contributed by atoms with Crippen molar-refractivity contribution in [3.63, 3.8) is 0 Å². The molecule has 0 radical (unpaired) electrons. The molecular formula is C18H20ClN5O. The highest BCUT2D eigenvalue weighted by atomic mass is 35.5. The molecular weight excluding hydrogens is 338 g/mol. The number of hydrogen-bond donors (Lipinski definition) is 0. The summed E-state index contributed by atoms with van der Waals surface area (Å²) in [5.41, 5.74) is 1.85. The van der Waals surface area contributed by atoms with Gasteiger partial charge >= 0.3 is 0 Å². The number of aryl methyl sites for hydroxylation is 2. The Balaban J connectivity index is 1.47. The van der Waals surface area contributed by atoms with E-state index in [-0.39, 0.29) is 0 Å². The third-order valence-corrected chi connectivity index (χ3v) is 4.92. The van der Waals surface area contributed by atoms with Gasteiger partial charge in [-0.05, 0) is 32.0 Å². The molecule has 1 aromatic carbocycles. The number of aromatic nitrogens is 3. The molecule has 0 bridgehead atoms. The van der Waals surface area contributed by atoms with Crippen molar-refractivity contribution in [2.75, 3.05) is 31.1 Å². The molecule has 7 heteroatoms. The first-order chi connectivity index (χ1) is 12.1. The minimum absolute atomic E-state index is 0.693. The van der Waals surface area contributed by atoms with Crippen LogP contribution in [0.4, 0.5) is 5.82 Å². The second kappa shape index (κ2) is 6.61. The van der Waals surface area contributed by atoms with Crippen molar-refractivity contribution in [3.05, 3.63) is 46.9 Å². The van der Waals surface area contributed by atoms with Crippen LogP contribution < -0.4 is 4.90 Å². The Bertz CT molecular complexity index is 882. The summed E-state index contributed by atoms with van der Waals surface area (Å²) in [6.45, 7) is 8.39. The molecule has 1 aliphatic heterocycles. The number of benzene rings is 1. The Morgan fingerprint density at radius 3 is 2.64 bits per heavy atom. The molecule has 3 aromatic rings. The first kappa shape index (κ1) is 16.3. The van der Waals surface area contributed by atoms with Crippen LogP contribution in [-0.2, 0) is 6.54 Å². The molecule has 0 amide bonds. The molecule has 3 heterocycles. The maximum atomic E-state index is 6.07. The van der Waals surface area contributed by atoms with Crippen LogP contribution in [0.2, 0.25) is 5.02 Å². The molecule has 1 saturated heterocycles. The lowest BCUT2D eigenvalue weighted by molar-refractivity contribution is 0.224. The number of hydrogen-bond acceptors (Lipinski definition) is 6. The maximum absolute atomic E-state index is 6.07. The van der Waals surface area contributed by atoms with Crippen molar-refractivity contribution in [2.24, 2.45) is 0 Å². The molecule has 6 nitrogen and oxygen atoms in total. The van der Waals surface area contributed by atoms with Gasteiger partial charge in [-0.3, -0.25) is 4.90 Å². The van der Waals surface area contributed by atoms with Crippen molar-refractivity contribution < 1.29 is 4.42 Å². The van der Waals surface area contributed by atoms with E-state index in [4.69, 9.17) is 16.0 Å². The normalized spacial score (nSPS) is 15.9. The van der Waals surface area contributed by atoms with Crippen molar-refractivity contribution in [2.45, 2.75) is 20.4 Å². The van der Waals surface area contributed by atoms with Crippen LogP contribution in [0, 0.1) is 13.8 Å². The highest BCUT2D eigenvalue weighted by Crippen LogP contribution is 2.26. The fourth-order valence-corrected chi connectivity index (χ4v) is 3.35. The summed E-state index contributed by atoms with van der Waals surface area (Å²) >= 11 is 6.07. The van der Waals surface area contributed by atoms with Crippen LogP contribution in [0.3, 0.4) is 0 Å². The lowest BCUT2D eigenvalue weighted by Crippen LogP contribution is -2.46. The number of rotatable bonds is 3. The number of anilines is 1. The van der Waals surface area contributed by atoms with Crippen LogP contribution in [-0.4, -0.2) is 46.0 Å². The SMILES string of the molecule is Cc1nc(CN2CCN(c3ncnc4cc(Cl)ccc34)CC2)oc1C. The van der Waals surface area contributed by atoms with Gasteiger partial charge in [-0.15, -0.1) is 0 Å². The van der Waals surface area contributed by atoms with Gasteiger partial charge in [0.2, 0.25) is 5.89 Å². The number of oxazole rings is 1. The van der Waals surface area contributed by atoms with Crippen LogP contribution >= 0.6 is 11.6 Å². The Labute approximate surface area is 151 Å². The molecule has 0 aliphatic carbocycles. The lowest BCUT2D eigenvalue weighted by Gasteiger charge is -2.35. The van der Waals surface area contributed by atoms with E-state index in [1.165, 1.54) is 0 Å². The van der Waals surface area contributed by atoms with Crippen molar-refractivity contribution >= 4 is 28.3 Å². The number of fused-ring (bicyclic) bond motifs is 1. The quantitative estimate of drug-likeness (QED) is 0.717. The van der Waals surface area contributed by atoms with Crippen LogP contribution in [0.25, 0.3) is 10.9 Å². The summed E-state index contributed by atoms with van der Waals surface area (Å²) in [5, 5.41) is 1.73. The molecule has 0 unspecified atom stereocenters. The summed E-state index contributed by atoms with van der Waals surface area (Å²) < 4.78 is 5.70. The van der Waals surface area contributed by atoms with Crippen molar-refractivity contribution in [3.8, 4) is 0 Å². The topological polar surface area (TPSA) is 58.3 Å². The first-order valence-corrected chi connectivity index (χ1v) is 8.78. The largest absolute Gasteiger partial charge is 0.444 e. The zero-order valence-corrected chi connectivity index (χ0v) is 15.1. The summed E-state index contributed by atoms with van der Waals surface area (Å²) in [6.07, 6.45) is 1.61. The van der Waals surface area contributed by atoms with Gasteiger partial charge in [0.05, 0.1) is 17.8 Å². The van der Waals surface area contributed by atoms with Crippen molar-refractivity contribution in [1.29, 1.82) is 0 Å². The van der Waals surface area contributed by atoms with E-state index in [1.54, 1.807) is 6.33 Å². The van der Waals surface area contributed by atoms with Gasteiger partial charge in [-0.1, -0.05) is 11.6 Å². The van der Waals surface area contributed by atoms with E-state index in [1.807, 2.05) is 32.0 Å². The molecule has 0 N–H and O–H groups in total. The second-order valence-corrected chi connectivity index (χ2v) is 6.81. The fourth-order valence-electron chi connectivity index (χ4n) is 3.18. The average molecular weight is 358 g/mol. The number of piperazine rings is 1. The predicted molar refractivity (Wildman–Crippen MR) is 98.0 cm³/mol. The summed E-state index contributed by atoms with van der Waals surface area (Å²) in [7, 11) is 0. The first-order valence-electron chi connectivity index (χ1n) is 8.40. The Morgan fingerprint density at radius 1 is 1.12 bits per heavy atom. The van der Waals surface area contributed by atoms with Gasteiger partial charge in [0.1, 0.15) is 17.9 Å². The highest BCUT2D eigenvalue weighted by molar-refractivity contribution is 6.31. The predicted octanol–water partition coefficient (Wildman–Crippen LogP) is 3.21. The van der Waals surface area contributed by atoms with Crippen LogP contribution in [0.5, 0.6) is 0 Å². The summed E-state index contributed by atoms with van der Waals surface area (Å²) in [5.74, 6) is 2.68. The van der Waals surface area contributed by atoms with Gasteiger partial charge < -0.3 is 9.32 Å². The molecule has 2 aromatic heterocycles. The van der Waals surface area contributed by atoms with Crippen LogP contribution in [0.1, 0.15) is 17.3 Å². The van der Waals surface area contributed by atoms with Gasteiger partial charge in [0.25, 0.3) is 0 Å². The second-order valence-electron chi connectivity index (χ2n) is 6.37. The molecule has 130 valence electrons. The summed E-state index contributed by atoms with van der Waals surface area (Å²) in [4.78, 5) is 18.0. The zero-order chi connectivity index (χ0) is 17.4. The molecule has 25 heavy (non-hydrogen) atoms. The molecule has 1 fully saturated rings. The monoisotopic (exact) mass is 357 g/mol. The van der Waals surface area contributed by atoms with Gasteiger partial charge in [0, 0.05) is 36.6 Å².